The third-order valence-electron chi connectivity index (χ3n) is 4.46. The van der Waals surface area contributed by atoms with E-state index < -0.39 is 5.24 Å². The predicted molar refractivity (Wildman–Crippen MR) is 97.8 cm³/mol. The second kappa shape index (κ2) is 6.54. The van der Waals surface area contributed by atoms with Crippen molar-refractivity contribution in [1.82, 2.24) is 0 Å². The molecule has 1 aliphatic rings. The minimum atomic E-state index is -0.420. The fraction of sp³-hybridized carbons (Fsp3) is 0.200. The molecule has 0 heterocycles. The molecule has 0 aliphatic heterocycles. The quantitative estimate of drug-likeness (QED) is 0.529. The molecule has 0 N–H and O–H groups in total. The second-order valence-electron chi connectivity index (χ2n) is 6.09. The minimum Gasteiger partial charge on any atom is -0.293 e. The van der Waals surface area contributed by atoms with Crippen LogP contribution in [0, 0.1) is 6.92 Å². The molecule has 4 heteroatoms. The van der Waals surface area contributed by atoms with Gasteiger partial charge in [-0.05, 0) is 66.4 Å². The molecule has 0 fully saturated rings. The molecule has 1 unspecified atom stereocenters. The number of carbonyl (C=O) groups excluding carboxylic acids is 2. The normalized spacial score (nSPS) is 16.2. The van der Waals surface area contributed by atoms with E-state index in [9.17, 15) is 9.59 Å². The van der Waals surface area contributed by atoms with Crippen LogP contribution in [0.25, 0.3) is 5.57 Å². The highest BCUT2D eigenvalue weighted by atomic mass is 35.5. The van der Waals surface area contributed by atoms with Gasteiger partial charge in [-0.15, -0.1) is 0 Å². The Morgan fingerprint density at radius 3 is 2.33 bits per heavy atom. The Bertz CT molecular complexity index is 864. The first-order valence-electron chi connectivity index (χ1n) is 7.67. The standard InChI is InChI=1S/C20H16Cl2O2/c1-11-3-8-15-17(9-11)16(10-18(22)23)12(2)19(15)20(24)13-4-6-14(21)7-5-13/h3-9,19H,10H2,1-2H3. The maximum Gasteiger partial charge on any atom is 0.226 e. The van der Waals surface area contributed by atoms with Crippen LogP contribution in [-0.2, 0) is 4.79 Å². The SMILES string of the molecule is CC1=C(CC(=O)Cl)c2cc(C)ccc2C1C(=O)c1ccc(Cl)cc1. The maximum absolute atomic E-state index is 13.1. The lowest BCUT2D eigenvalue weighted by atomic mass is 9.88. The van der Waals surface area contributed by atoms with Gasteiger partial charge in [0.25, 0.3) is 0 Å². The summed E-state index contributed by atoms with van der Waals surface area (Å²) in [5.41, 5.74) is 5.33. The Hall–Kier alpha value is -1.90. The van der Waals surface area contributed by atoms with E-state index in [1.54, 1.807) is 24.3 Å². The van der Waals surface area contributed by atoms with E-state index in [0.29, 0.717) is 10.6 Å². The van der Waals surface area contributed by atoms with Gasteiger partial charge >= 0.3 is 0 Å². The van der Waals surface area contributed by atoms with E-state index in [1.165, 1.54) is 0 Å². The van der Waals surface area contributed by atoms with E-state index >= 15 is 0 Å². The lowest BCUT2D eigenvalue weighted by molar-refractivity contribution is -0.110. The van der Waals surface area contributed by atoms with Gasteiger partial charge in [0.15, 0.2) is 5.78 Å². The van der Waals surface area contributed by atoms with Gasteiger partial charge in [0.05, 0.1) is 5.92 Å². The van der Waals surface area contributed by atoms with Crippen LogP contribution < -0.4 is 0 Å². The summed E-state index contributed by atoms with van der Waals surface area (Å²) in [6.45, 7) is 3.90. The molecule has 0 bridgehead atoms. The van der Waals surface area contributed by atoms with Crippen molar-refractivity contribution in [3.05, 3.63) is 75.3 Å². The van der Waals surface area contributed by atoms with Gasteiger partial charge in [-0.2, -0.15) is 0 Å². The van der Waals surface area contributed by atoms with Crippen molar-refractivity contribution in [2.45, 2.75) is 26.2 Å². The molecular formula is C20H16Cl2O2. The van der Waals surface area contributed by atoms with Crippen LogP contribution in [0.5, 0.6) is 0 Å². The number of carbonyl (C=O) groups is 2. The van der Waals surface area contributed by atoms with Crippen molar-refractivity contribution in [3.8, 4) is 0 Å². The van der Waals surface area contributed by atoms with Gasteiger partial charge in [-0.3, -0.25) is 9.59 Å². The third-order valence-corrected chi connectivity index (χ3v) is 4.85. The molecule has 0 spiro atoms. The van der Waals surface area contributed by atoms with Crippen molar-refractivity contribution in [2.75, 3.05) is 0 Å². The van der Waals surface area contributed by atoms with E-state index in [-0.39, 0.29) is 18.1 Å². The third kappa shape index (κ3) is 3.04. The van der Waals surface area contributed by atoms with Crippen LogP contribution in [0.3, 0.4) is 0 Å². The van der Waals surface area contributed by atoms with Crippen LogP contribution in [0.1, 0.15) is 46.3 Å². The molecule has 0 radical (unpaired) electrons. The topological polar surface area (TPSA) is 34.1 Å². The summed E-state index contributed by atoms with van der Waals surface area (Å²) in [5, 5.41) is 0.172. The zero-order valence-electron chi connectivity index (χ0n) is 13.4. The molecule has 0 aromatic heterocycles. The summed E-state index contributed by atoms with van der Waals surface area (Å²) in [4.78, 5) is 24.5. The largest absolute Gasteiger partial charge is 0.293 e. The molecule has 2 aromatic carbocycles. The number of allylic oxidation sites excluding steroid dienone is 2. The fourth-order valence-corrected chi connectivity index (χ4v) is 3.56. The highest BCUT2D eigenvalue weighted by Crippen LogP contribution is 2.45. The predicted octanol–water partition coefficient (Wildman–Crippen LogP) is 5.56. The molecule has 24 heavy (non-hydrogen) atoms. The summed E-state index contributed by atoms with van der Waals surface area (Å²) >= 11 is 11.5. The number of hydrogen-bond acceptors (Lipinski definition) is 2. The monoisotopic (exact) mass is 358 g/mol. The number of benzene rings is 2. The van der Waals surface area contributed by atoms with Crippen LogP contribution in [0.15, 0.2) is 48.0 Å². The highest BCUT2D eigenvalue weighted by Gasteiger charge is 2.34. The van der Waals surface area contributed by atoms with Crippen molar-refractivity contribution in [1.29, 1.82) is 0 Å². The Morgan fingerprint density at radius 2 is 1.71 bits per heavy atom. The Kier molecular flexibility index (Phi) is 4.62. The number of hydrogen-bond donors (Lipinski definition) is 0. The maximum atomic E-state index is 13.1. The highest BCUT2D eigenvalue weighted by molar-refractivity contribution is 6.64. The van der Waals surface area contributed by atoms with E-state index in [4.69, 9.17) is 23.2 Å². The summed E-state index contributed by atoms with van der Waals surface area (Å²) in [7, 11) is 0. The molecule has 0 amide bonds. The van der Waals surface area contributed by atoms with Crippen molar-refractivity contribution in [2.24, 2.45) is 0 Å². The van der Waals surface area contributed by atoms with Crippen LogP contribution in [-0.4, -0.2) is 11.0 Å². The Morgan fingerprint density at radius 1 is 1.04 bits per heavy atom. The molecule has 3 rings (SSSR count). The first-order chi connectivity index (χ1) is 11.4. The van der Waals surface area contributed by atoms with E-state index in [0.717, 1.165) is 27.8 Å². The number of fused-ring (bicyclic) bond motifs is 1. The molecule has 122 valence electrons. The Balaban J connectivity index is 2.10. The fourth-order valence-electron chi connectivity index (χ4n) is 3.30. The molecule has 1 atom stereocenters. The first kappa shape index (κ1) is 16.9. The zero-order valence-corrected chi connectivity index (χ0v) is 14.9. The average molecular weight is 359 g/mol. The van der Waals surface area contributed by atoms with Gasteiger partial charge in [-0.1, -0.05) is 40.9 Å². The zero-order chi connectivity index (χ0) is 17.4. The average Bonchev–Trinajstić information content (AvgIpc) is 2.79. The van der Waals surface area contributed by atoms with Crippen molar-refractivity contribution >= 4 is 39.8 Å². The van der Waals surface area contributed by atoms with Gasteiger partial charge in [0, 0.05) is 17.0 Å². The van der Waals surface area contributed by atoms with Crippen LogP contribution >= 0.6 is 23.2 Å². The number of aryl methyl sites for hydroxylation is 1. The summed E-state index contributed by atoms with van der Waals surface area (Å²) in [6, 6.07) is 12.9. The van der Waals surface area contributed by atoms with Gasteiger partial charge in [0.2, 0.25) is 5.24 Å². The molecule has 0 saturated carbocycles. The molecule has 2 aromatic rings. The van der Waals surface area contributed by atoms with Gasteiger partial charge in [-0.25, -0.2) is 0 Å². The summed E-state index contributed by atoms with van der Waals surface area (Å²) in [5.74, 6) is -0.376. The number of ketones is 1. The van der Waals surface area contributed by atoms with Gasteiger partial charge < -0.3 is 0 Å². The minimum absolute atomic E-state index is 0.00583. The van der Waals surface area contributed by atoms with E-state index in [1.807, 2.05) is 32.0 Å². The lowest BCUT2D eigenvalue weighted by Gasteiger charge is -2.13. The van der Waals surface area contributed by atoms with Gasteiger partial charge in [0.1, 0.15) is 0 Å². The molecule has 0 saturated heterocycles. The number of rotatable bonds is 4. The van der Waals surface area contributed by atoms with Crippen molar-refractivity contribution < 1.29 is 9.59 Å². The van der Waals surface area contributed by atoms with E-state index in [2.05, 4.69) is 0 Å². The first-order valence-corrected chi connectivity index (χ1v) is 8.42. The second-order valence-corrected chi connectivity index (χ2v) is 6.95. The van der Waals surface area contributed by atoms with Crippen LogP contribution in [0.4, 0.5) is 0 Å². The molecular weight excluding hydrogens is 343 g/mol. The molecule has 1 aliphatic carbocycles. The number of halogens is 2. The molecule has 2 nitrogen and oxygen atoms in total. The van der Waals surface area contributed by atoms with Crippen LogP contribution in [0.2, 0.25) is 5.02 Å². The number of Topliss-reactive ketones (excluding diaryl/α,β-unsaturated/α-hetero) is 1. The summed E-state index contributed by atoms with van der Waals surface area (Å²) < 4.78 is 0. The summed E-state index contributed by atoms with van der Waals surface area (Å²) in [6.07, 6.45) is 0.133. The lowest BCUT2D eigenvalue weighted by Crippen LogP contribution is -2.12. The Labute approximate surface area is 151 Å². The van der Waals surface area contributed by atoms with Crippen molar-refractivity contribution in [3.63, 3.8) is 0 Å². The smallest absolute Gasteiger partial charge is 0.226 e.